The Bertz CT molecular complexity index is 3330. The maximum atomic E-state index is 12.5. The first-order valence-corrected chi connectivity index (χ1v) is 33.1. The van der Waals surface area contributed by atoms with Gasteiger partial charge in [-0.15, -0.1) is 0 Å². The van der Waals surface area contributed by atoms with Crippen molar-refractivity contribution in [2.24, 2.45) is 0 Å². The van der Waals surface area contributed by atoms with Gasteiger partial charge in [0, 0.05) is 0 Å². The smallest absolute Gasteiger partial charge is 0.341 e. The summed E-state index contributed by atoms with van der Waals surface area (Å²) in [5.74, 6) is 0. The van der Waals surface area contributed by atoms with Gasteiger partial charge in [-0.3, -0.25) is 50.1 Å². The van der Waals surface area contributed by atoms with Gasteiger partial charge in [-0.05, 0) is 0 Å². The molecule has 3 fully saturated rings. The Kier molecular flexibility index (Phi) is 23.1. The van der Waals surface area contributed by atoms with Crippen molar-refractivity contribution in [3.8, 4) is 0 Å². The summed E-state index contributed by atoms with van der Waals surface area (Å²) in [6, 6.07) is 0. The molecule has 3 aliphatic heterocycles. The lowest BCUT2D eigenvalue weighted by atomic mass is 9.96. The molecular weight excluding hydrogens is 1350 g/mol. The second-order valence-electron chi connectivity index (χ2n) is 14.0. The minimum Gasteiger partial charge on any atom is -0.341 e. The van der Waals surface area contributed by atoms with Crippen LogP contribution >= 0.6 is 7.82 Å². The lowest BCUT2D eigenvalue weighted by Gasteiger charge is -2.49. The molecule has 60 heteroatoms. The minimum atomic E-state index is -6.62. The SMILES string of the molecule is O=P(O)(O)OC[C@H]1O[C@H](O[C@@H]2[C@H](OS(=O)(=O)O)[C@@H](OC3C(OS(=O)(=O)O)O[C@H](COS(=O)(=O)O)[C@@H](OS(=O)(=O)O)[C@@H]3OS(=O)(=O)O)O[C@H](COS(=O)(=O)O)[C@H]2OS(=O)(=O)O)[C@@H](OS(=O)(=O)O)[C@@H](OS(=O)(=O)O)[C@@H]1OS(=O)(=O)O. The van der Waals surface area contributed by atoms with Gasteiger partial charge in [0.2, 0.25) is 6.29 Å². The van der Waals surface area contributed by atoms with Gasteiger partial charge in [-0.25, -0.2) is 46.4 Å². The Morgan fingerprint density at radius 2 is 0.538 bits per heavy atom. The van der Waals surface area contributed by atoms with Gasteiger partial charge in [-0.2, -0.15) is 84.2 Å². The van der Waals surface area contributed by atoms with Crippen molar-refractivity contribution >= 4 is 112 Å². The largest absolute Gasteiger partial charge is 0.469 e. The number of phosphoric acid groups is 1. The van der Waals surface area contributed by atoms with E-state index in [4.69, 9.17) is 28.2 Å². The topological polar surface area (TPSA) is 749 Å². The number of hydrogen-bond donors (Lipinski definition) is 12. The lowest BCUT2D eigenvalue weighted by molar-refractivity contribution is -0.371. The van der Waals surface area contributed by atoms with E-state index >= 15 is 0 Å². The number of ether oxygens (including phenoxy) is 5. The number of phosphoric ester groups is 1. The molecule has 3 aliphatic rings. The van der Waals surface area contributed by atoms with Crippen molar-refractivity contribution in [1.29, 1.82) is 0 Å². The van der Waals surface area contributed by atoms with Crippen LogP contribution in [-0.4, -0.2) is 251 Å². The van der Waals surface area contributed by atoms with Gasteiger partial charge >= 0.3 is 112 Å². The first kappa shape index (κ1) is 70.9. The van der Waals surface area contributed by atoms with Crippen LogP contribution in [0.3, 0.4) is 0 Å². The van der Waals surface area contributed by atoms with Crippen LogP contribution in [-0.2, 0) is 179 Å². The van der Waals surface area contributed by atoms with Crippen LogP contribution < -0.4 is 0 Å². The van der Waals surface area contributed by atoms with Gasteiger partial charge in [0.15, 0.2) is 24.8 Å². The molecule has 3 rings (SSSR count). The highest BCUT2D eigenvalue weighted by atomic mass is 32.3. The van der Waals surface area contributed by atoms with E-state index in [9.17, 15) is 140 Å². The van der Waals surface area contributed by atoms with E-state index < -0.39 is 224 Å². The molecular formula is C18H33O49PS10. The molecule has 0 saturated carbocycles. The molecule has 3 saturated heterocycles. The molecule has 2 unspecified atom stereocenters. The molecule has 0 aromatic rings. The predicted molar refractivity (Wildman–Crippen MR) is 216 cm³/mol. The van der Waals surface area contributed by atoms with Crippen molar-refractivity contribution in [2.45, 2.75) is 92.1 Å². The molecule has 0 spiro atoms. The molecule has 12 N–H and O–H groups in total. The van der Waals surface area contributed by atoms with E-state index in [0.29, 0.717) is 0 Å². The van der Waals surface area contributed by atoms with Crippen molar-refractivity contribution in [3.05, 3.63) is 0 Å². The second-order valence-corrected chi connectivity index (χ2v) is 25.8. The first-order valence-electron chi connectivity index (χ1n) is 17.9. The van der Waals surface area contributed by atoms with Gasteiger partial charge in [0.25, 0.3) is 0 Å². The second kappa shape index (κ2) is 25.4. The van der Waals surface area contributed by atoms with Crippen LogP contribution in [0.1, 0.15) is 0 Å². The zero-order valence-electron chi connectivity index (χ0n) is 35.8. The van der Waals surface area contributed by atoms with E-state index in [1.807, 2.05) is 0 Å². The average molecular weight is 1390 g/mol. The van der Waals surface area contributed by atoms with Gasteiger partial charge in [0.1, 0.15) is 61.0 Å². The molecule has 464 valence electrons. The van der Waals surface area contributed by atoms with Crippen LogP contribution in [0.5, 0.6) is 0 Å². The van der Waals surface area contributed by atoms with E-state index in [0.717, 1.165) is 0 Å². The zero-order valence-corrected chi connectivity index (χ0v) is 44.8. The molecule has 0 amide bonds. The maximum Gasteiger partial charge on any atom is 0.469 e. The monoisotopic (exact) mass is 1380 g/mol. The predicted octanol–water partition coefficient (Wildman–Crippen LogP) is -9.19. The molecule has 0 radical (unpaired) electrons. The molecule has 0 aromatic heterocycles. The molecule has 49 nitrogen and oxygen atoms in total. The summed E-state index contributed by atoms with van der Waals surface area (Å²) in [6.45, 7) is -6.36. The highest BCUT2D eigenvalue weighted by molar-refractivity contribution is 7.83. The summed E-state index contributed by atoms with van der Waals surface area (Å²) in [5.41, 5.74) is 0. The number of rotatable bonds is 29. The van der Waals surface area contributed by atoms with Crippen LogP contribution in [0.4, 0.5) is 0 Å². The third-order valence-corrected chi connectivity index (χ3v) is 13.4. The third-order valence-electron chi connectivity index (χ3n) is 8.37. The number of hydrogen-bond acceptors (Lipinski definition) is 37. The third kappa shape index (κ3) is 26.0. The molecule has 15 atom stereocenters. The fourth-order valence-corrected chi connectivity index (χ4v) is 11.1. The van der Waals surface area contributed by atoms with Crippen molar-refractivity contribution in [3.63, 3.8) is 0 Å². The molecule has 78 heavy (non-hydrogen) atoms. The average Bonchev–Trinajstić information content (AvgIpc) is 3.14. The summed E-state index contributed by atoms with van der Waals surface area (Å²) in [7, 11) is -69.2. The maximum absolute atomic E-state index is 12.5. The van der Waals surface area contributed by atoms with E-state index in [1.54, 1.807) is 0 Å². The van der Waals surface area contributed by atoms with Gasteiger partial charge in [-0.1, -0.05) is 0 Å². The lowest BCUT2D eigenvalue weighted by Crippen LogP contribution is -2.69. The Balaban J connectivity index is 2.60. The van der Waals surface area contributed by atoms with E-state index in [1.165, 1.54) is 0 Å². The van der Waals surface area contributed by atoms with Crippen LogP contribution in [0.15, 0.2) is 0 Å². The van der Waals surface area contributed by atoms with Crippen molar-refractivity contribution < 1.29 is 214 Å². The molecule has 0 aliphatic carbocycles. The Morgan fingerprint density at radius 3 is 0.846 bits per heavy atom. The Morgan fingerprint density at radius 1 is 0.295 bits per heavy atom. The fraction of sp³-hybridized carbons (Fsp3) is 1.00. The Labute approximate surface area is 435 Å². The standard InChI is InChI=1S/C18H33O49PS10/c19-68(20,21)52-1-4-8(61-72(31,32)33)12(64-75(40,41)42)15(66-77(46,47)48)17(55-4)58-10-7(60-71(28,29)30)5(2-53-69(22,23)24)56-16(14(10)65-76(43,44)45)59-13-11(63-74(37,38)39)9(62-73(34,35)36)6(3-54-70(25,26)27)57-18(13)67-78(49,50)51/h4-18H,1-3H2,(H2,19,20,21)(H,22,23,24)(H,25,26,27)(H,28,29,30)(H,31,32,33)(H,34,35,36)(H,37,38,39)(H,40,41,42)(H,43,44,45)(H,46,47,48)(H,49,50,51)/t4-,5-,6-,7-,8-,9-,10+,11+,12+,13?,14+,15+,16-,17-,18?/m1/s1. The summed E-state index contributed by atoms with van der Waals surface area (Å²) in [4.78, 5) is 18.7. The van der Waals surface area contributed by atoms with Crippen molar-refractivity contribution in [2.75, 3.05) is 19.8 Å². The van der Waals surface area contributed by atoms with Crippen LogP contribution in [0.2, 0.25) is 0 Å². The van der Waals surface area contributed by atoms with Gasteiger partial charge in [0.05, 0.1) is 19.8 Å². The fourth-order valence-electron chi connectivity index (χ4n) is 6.30. The highest BCUT2D eigenvalue weighted by Crippen LogP contribution is 2.42. The summed E-state index contributed by atoms with van der Waals surface area (Å²) in [6.07, 6.45) is -52.8. The molecule has 3 heterocycles. The first-order chi connectivity index (χ1) is 34.5. The highest BCUT2D eigenvalue weighted by Gasteiger charge is 2.61. The molecule has 0 aromatic carbocycles. The van der Waals surface area contributed by atoms with E-state index in [2.05, 4.69) is 46.4 Å². The van der Waals surface area contributed by atoms with Crippen LogP contribution in [0.25, 0.3) is 0 Å². The zero-order chi connectivity index (χ0) is 60.6. The minimum absolute atomic E-state index is 2.05. The summed E-state index contributed by atoms with van der Waals surface area (Å²) in [5, 5.41) is 0. The Hall–Kier alpha value is -1.39. The van der Waals surface area contributed by atoms with E-state index in [-0.39, 0.29) is 0 Å². The summed E-state index contributed by atoms with van der Waals surface area (Å²) < 4.78 is 419. The molecule has 0 bridgehead atoms. The van der Waals surface area contributed by atoms with Gasteiger partial charge < -0.3 is 33.5 Å². The summed E-state index contributed by atoms with van der Waals surface area (Å²) >= 11 is 0. The normalized spacial score (nSPS) is 31.9. The van der Waals surface area contributed by atoms with Crippen LogP contribution in [0, 0.1) is 0 Å². The van der Waals surface area contributed by atoms with Crippen molar-refractivity contribution in [1.82, 2.24) is 0 Å². The quantitative estimate of drug-likeness (QED) is 0.0244.